The van der Waals surface area contributed by atoms with Gasteiger partial charge < -0.3 is 14.4 Å². The molecule has 1 aromatic rings. The molecule has 6 heteroatoms. The SMILES string of the molecule is CC.COC(=O)C1Cc2ccc(OC)cc2CN1C(=O)C(=O)C(C)(C)C. The van der Waals surface area contributed by atoms with E-state index >= 15 is 0 Å². The zero-order valence-electron chi connectivity index (χ0n) is 16.7. The van der Waals surface area contributed by atoms with Gasteiger partial charge >= 0.3 is 5.97 Å². The molecule has 6 nitrogen and oxygen atoms in total. The first-order valence-corrected chi connectivity index (χ1v) is 8.78. The van der Waals surface area contributed by atoms with Crippen LogP contribution in [0.15, 0.2) is 18.2 Å². The minimum absolute atomic E-state index is 0.174. The van der Waals surface area contributed by atoms with Crippen molar-refractivity contribution in [2.24, 2.45) is 5.41 Å². The molecule has 1 amide bonds. The number of rotatable bonds is 3. The van der Waals surface area contributed by atoms with Gasteiger partial charge in [-0.3, -0.25) is 9.59 Å². The lowest BCUT2D eigenvalue weighted by atomic mass is 9.88. The van der Waals surface area contributed by atoms with Crippen molar-refractivity contribution in [2.75, 3.05) is 14.2 Å². The monoisotopic (exact) mass is 363 g/mol. The zero-order valence-corrected chi connectivity index (χ0v) is 16.7. The number of hydrogen-bond acceptors (Lipinski definition) is 5. The molecule has 1 heterocycles. The number of ether oxygens (including phenoxy) is 2. The summed E-state index contributed by atoms with van der Waals surface area (Å²) in [6, 6.07) is 4.71. The average Bonchev–Trinajstić information content (AvgIpc) is 2.65. The molecule has 26 heavy (non-hydrogen) atoms. The lowest BCUT2D eigenvalue weighted by Crippen LogP contribution is -2.53. The Hall–Kier alpha value is -2.37. The second kappa shape index (κ2) is 8.83. The molecule has 1 aliphatic rings. The fraction of sp³-hybridized carbons (Fsp3) is 0.550. The number of ketones is 1. The Morgan fingerprint density at radius 1 is 1.08 bits per heavy atom. The van der Waals surface area contributed by atoms with E-state index in [0.29, 0.717) is 12.2 Å². The third-order valence-electron chi connectivity index (χ3n) is 4.15. The number of Topliss-reactive ketones (excluding diaryl/α,β-unsaturated/α-hetero) is 1. The maximum Gasteiger partial charge on any atom is 0.328 e. The molecule has 0 fully saturated rings. The Kier molecular flexibility index (Phi) is 7.36. The first kappa shape index (κ1) is 21.7. The van der Waals surface area contributed by atoms with Gasteiger partial charge in [-0.05, 0) is 23.3 Å². The van der Waals surface area contributed by atoms with Crippen LogP contribution < -0.4 is 4.74 Å². The Labute approximate surface area is 155 Å². The van der Waals surface area contributed by atoms with Gasteiger partial charge in [-0.15, -0.1) is 0 Å². The van der Waals surface area contributed by atoms with Gasteiger partial charge in [0.15, 0.2) is 0 Å². The third kappa shape index (κ3) is 4.62. The molecule has 0 saturated carbocycles. The number of carbonyl (C=O) groups excluding carboxylic acids is 3. The third-order valence-corrected chi connectivity index (χ3v) is 4.15. The largest absolute Gasteiger partial charge is 0.497 e. The van der Waals surface area contributed by atoms with E-state index in [-0.39, 0.29) is 6.54 Å². The number of fused-ring (bicyclic) bond motifs is 1. The Bertz CT molecular complexity index is 675. The minimum Gasteiger partial charge on any atom is -0.497 e. The first-order chi connectivity index (χ1) is 12.2. The van der Waals surface area contributed by atoms with Gasteiger partial charge in [-0.25, -0.2) is 4.79 Å². The number of hydrogen-bond donors (Lipinski definition) is 0. The van der Waals surface area contributed by atoms with Gasteiger partial charge in [0, 0.05) is 18.4 Å². The first-order valence-electron chi connectivity index (χ1n) is 8.78. The molecular weight excluding hydrogens is 334 g/mol. The van der Waals surface area contributed by atoms with Crippen LogP contribution >= 0.6 is 0 Å². The van der Waals surface area contributed by atoms with Crippen LogP contribution in [0, 0.1) is 5.41 Å². The smallest absolute Gasteiger partial charge is 0.328 e. The number of nitrogens with zero attached hydrogens (tertiary/aromatic N) is 1. The molecule has 0 spiro atoms. The number of carbonyl (C=O) groups is 3. The second-order valence-electron chi connectivity index (χ2n) is 6.89. The summed E-state index contributed by atoms with van der Waals surface area (Å²) in [7, 11) is 2.84. The molecule has 2 rings (SSSR count). The quantitative estimate of drug-likeness (QED) is 0.610. The van der Waals surface area contributed by atoms with Crippen molar-refractivity contribution in [1.82, 2.24) is 4.90 Å². The second-order valence-corrected chi connectivity index (χ2v) is 6.89. The Morgan fingerprint density at radius 3 is 2.19 bits per heavy atom. The number of amides is 1. The van der Waals surface area contributed by atoms with Gasteiger partial charge in [0.25, 0.3) is 5.91 Å². The predicted molar refractivity (Wildman–Crippen MR) is 98.9 cm³/mol. The van der Waals surface area contributed by atoms with Crippen molar-refractivity contribution < 1.29 is 23.9 Å². The molecule has 1 atom stereocenters. The standard InChI is InChI=1S/C18H23NO5.C2H6/c1-18(2,3)15(20)16(21)19-10-12-8-13(23-4)7-6-11(12)9-14(19)17(22)24-5;1-2/h6-8,14H,9-10H2,1-5H3;1-2H3. The zero-order chi connectivity index (χ0) is 20.1. The van der Waals surface area contributed by atoms with Crippen LogP contribution in [-0.4, -0.2) is 42.8 Å². The Balaban J connectivity index is 0.00000163. The van der Waals surface area contributed by atoms with Crippen molar-refractivity contribution >= 4 is 17.7 Å². The van der Waals surface area contributed by atoms with Crippen LogP contribution in [0.5, 0.6) is 5.75 Å². The average molecular weight is 363 g/mol. The highest BCUT2D eigenvalue weighted by atomic mass is 16.5. The van der Waals surface area contributed by atoms with Crippen LogP contribution in [0.1, 0.15) is 45.7 Å². The maximum absolute atomic E-state index is 12.7. The van der Waals surface area contributed by atoms with Crippen LogP contribution in [0.2, 0.25) is 0 Å². The van der Waals surface area contributed by atoms with Gasteiger partial charge in [0.05, 0.1) is 14.2 Å². The van der Waals surface area contributed by atoms with Crippen LogP contribution in [0.3, 0.4) is 0 Å². The van der Waals surface area contributed by atoms with Gasteiger partial charge in [0.2, 0.25) is 5.78 Å². The lowest BCUT2D eigenvalue weighted by molar-refractivity contribution is -0.158. The highest BCUT2D eigenvalue weighted by Gasteiger charge is 2.40. The molecule has 0 radical (unpaired) electrons. The van der Waals surface area contributed by atoms with E-state index in [1.165, 1.54) is 12.0 Å². The van der Waals surface area contributed by atoms with E-state index in [0.717, 1.165) is 11.1 Å². The summed E-state index contributed by atoms with van der Waals surface area (Å²) < 4.78 is 10.0. The molecule has 0 aromatic heterocycles. The predicted octanol–water partition coefficient (Wildman–Crippen LogP) is 2.76. The van der Waals surface area contributed by atoms with E-state index in [4.69, 9.17) is 9.47 Å². The van der Waals surface area contributed by atoms with Crippen LogP contribution in [-0.2, 0) is 32.1 Å². The molecule has 1 aromatic carbocycles. The molecule has 0 N–H and O–H groups in total. The maximum atomic E-state index is 12.7. The number of benzene rings is 1. The van der Waals surface area contributed by atoms with Crippen molar-refractivity contribution in [3.8, 4) is 5.75 Å². The van der Waals surface area contributed by atoms with Crippen molar-refractivity contribution in [3.05, 3.63) is 29.3 Å². The molecule has 1 unspecified atom stereocenters. The fourth-order valence-corrected chi connectivity index (χ4v) is 2.70. The highest BCUT2D eigenvalue weighted by molar-refractivity contribution is 6.38. The Morgan fingerprint density at radius 2 is 1.69 bits per heavy atom. The van der Waals surface area contributed by atoms with Crippen LogP contribution in [0.25, 0.3) is 0 Å². The van der Waals surface area contributed by atoms with Crippen molar-refractivity contribution in [2.45, 2.75) is 53.6 Å². The van der Waals surface area contributed by atoms with Gasteiger partial charge in [0.1, 0.15) is 11.8 Å². The summed E-state index contributed by atoms with van der Waals surface area (Å²) in [5, 5.41) is 0. The normalized spacial score (nSPS) is 16.0. The van der Waals surface area contributed by atoms with E-state index in [1.54, 1.807) is 27.9 Å². The fourth-order valence-electron chi connectivity index (χ4n) is 2.70. The highest BCUT2D eigenvalue weighted by Crippen LogP contribution is 2.29. The van der Waals surface area contributed by atoms with Crippen molar-refractivity contribution in [3.63, 3.8) is 0 Å². The molecular formula is C20H29NO5. The van der Waals surface area contributed by atoms with Gasteiger partial charge in [-0.2, -0.15) is 0 Å². The molecule has 0 aliphatic carbocycles. The van der Waals surface area contributed by atoms with E-state index < -0.39 is 29.1 Å². The minimum atomic E-state index is -0.813. The summed E-state index contributed by atoms with van der Waals surface area (Å²) in [5.41, 5.74) is 0.995. The molecule has 0 saturated heterocycles. The van der Waals surface area contributed by atoms with E-state index in [2.05, 4.69) is 0 Å². The summed E-state index contributed by atoms with van der Waals surface area (Å²) in [5.74, 6) is -1.04. The molecule has 1 aliphatic heterocycles. The van der Waals surface area contributed by atoms with E-state index in [1.807, 2.05) is 32.0 Å². The summed E-state index contributed by atoms with van der Waals surface area (Å²) in [4.78, 5) is 38.5. The molecule has 144 valence electrons. The molecule has 0 bridgehead atoms. The number of methoxy groups -OCH3 is 2. The van der Waals surface area contributed by atoms with E-state index in [9.17, 15) is 14.4 Å². The lowest BCUT2D eigenvalue weighted by Gasteiger charge is -2.36. The van der Waals surface area contributed by atoms with Gasteiger partial charge in [-0.1, -0.05) is 40.7 Å². The summed E-state index contributed by atoms with van der Waals surface area (Å²) in [6.45, 7) is 9.22. The van der Waals surface area contributed by atoms with Crippen molar-refractivity contribution in [1.29, 1.82) is 0 Å². The van der Waals surface area contributed by atoms with Crippen LogP contribution in [0.4, 0.5) is 0 Å². The topological polar surface area (TPSA) is 72.9 Å². The number of esters is 1. The summed E-state index contributed by atoms with van der Waals surface area (Å²) >= 11 is 0. The summed E-state index contributed by atoms with van der Waals surface area (Å²) in [6.07, 6.45) is 0.315.